The summed E-state index contributed by atoms with van der Waals surface area (Å²) in [6, 6.07) is 10.9. The van der Waals surface area contributed by atoms with Crippen LogP contribution >= 0.6 is 11.6 Å². The first-order valence-electron chi connectivity index (χ1n) is 8.45. The molecule has 0 aromatic heterocycles. The Bertz CT molecular complexity index is 1010. The molecule has 0 saturated carbocycles. The van der Waals surface area contributed by atoms with Gasteiger partial charge in [0.25, 0.3) is 0 Å². The van der Waals surface area contributed by atoms with Gasteiger partial charge in [0.05, 0.1) is 28.6 Å². The highest BCUT2D eigenvalue weighted by atomic mass is 35.5. The second-order valence-corrected chi connectivity index (χ2v) is 8.32. The monoisotopic (exact) mass is 422 g/mol. The first-order valence-corrected chi connectivity index (χ1v) is 10.4. The molecule has 148 valence electrons. The number of hydrogen-bond donors (Lipinski definition) is 3. The topological polar surface area (TPSA) is 122 Å². The number of carbonyl (C=O) groups is 2. The SMILES string of the molecule is NS(=O)(=O)c1ccc(CC(=O)Nc2ccc(N3CCNC(=O)C3)c(Cl)c2)cc1. The zero-order valence-electron chi connectivity index (χ0n) is 14.8. The van der Waals surface area contributed by atoms with E-state index in [1.165, 1.54) is 24.3 Å². The highest BCUT2D eigenvalue weighted by Crippen LogP contribution is 2.29. The molecule has 2 aromatic rings. The predicted octanol–water partition coefficient (Wildman–Crippen LogP) is 1.10. The number of piperazine rings is 1. The first kappa shape index (κ1) is 20.1. The number of carbonyl (C=O) groups excluding carboxylic acids is 2. The zero-order valence-corrected chi connectivity index (χ0v) is 16.4. The molecule has 0 radical (unpaired) electrons. The second-order valence-electron chi connectivity index (χ2n) is 6.35. The molecular weight excluding hydrogens is 404 g/mol. The molecule has 0 spiro atoms. The lowest BCUT2D eigenvalue weighted by atomic mass is 10.1. The maximum absolute atomic E-state index is 12.2. The van der Waals surface area contributed by atoms with E-state index in [-0.39, 0.29) is 29.7 Å². The lowest BCUT2D eigenvalue weighted by molar-refractivity contribution is -0.120. The van der Waals surface area contributed by atoms with E-state index in [9.17, 15) is 18.0 Å². The summed E-state index contributed by atoms with van der Waals surface area (Å²) in [7, 11) is -3.76. The largest absolute Gasteiger partial charge is 0.359 e. The van der Waals surface area contributed by atoms with Crippen LogP contribution in [0, 0.1) is 0 Å². The number of nitrogens with zero attached hydrogens (tertiary/aromatic N) is 1. The molecule has 0 bridgehead atoms. The number of nitrogens with one attached hydrogen (secondary N) is 2. The maximum Gasteiger partial charge on any atom is 0.239 e. The Kier molecular flexibility index (Phi) is 5.87. The van der Waals surface area contributed by atoms with Crippen molar-refractivity contribution in [2.75, 3.05) is 29.9 Å². The van der Waals surface area contributed by atoms with E-state index in [4.69, 9.17) is 16.7 Å². The van der Waals surface area contributed by atoms with Gasteiger partial charge in [-0.3, -0.25) is 9.59 Å². The van der Waals surface area contributed by atoms with Gasteiger partial charge in [0.2, 0.25) is 21.8 Å². The number of primary sulfonamides is 1. The van der Waals surface area contributed by atoms with Gasteiger partial charge in [-0.2, -0.15) is 0 Å². The van der Waals surface area contributed by atoms with E-state index in [2.05, 4.69) is 10.6 Å². The minimum absolute atomic E-state index is 0.00887. The van der Waals surface area contributed by atoms with Crippen LogP contribution in [0.25, 0.3) is 0 Å². The van der Waals surface area contributed by atoms with Gasteiger partial charge in [-0.1, -0.05) is 23.7 Å². The van der Waals surface area contributed by atoms with Crippen molar-refractivity contribution in [1.29, 1.82) is 0 Å². The smallest absolute Gasteiger partial charge is 0.239 e. The summed E-state index contributed by atoms with van der Waals surface area (Å²) in [6.07, 6.45) is 0.0660. The molecule has 3 rings (SSSR count). The van der Waals surface area contributed by atoms with E-state index < -0.39 is 10.0 Å². The van der Waals surface area contributed by atoms with Crippen LogP contribution in [0.1, 0.15) is 5.56 Å². The summed E-state index contributed by atoms with van der Waals surface area (Å²) in [5.41, 5.74) is 1.90. The molecule has 1 saturated heterocycles. The minimum atomic E-state index is -3.76. The molecule has 1 fully saturated rings. The van der Waals surface area contributed by atoms with Gasteiger partial charge in [-0.05, 0) is 35.9 Å². The van der Waals surface area contributed by atoms with E-state index in [1.807, 2.05) is 4.90 Å². The zero-order chi connectivity index (χ0) is 20.3. The molecule has 1 heterocycles. The van der Waals surface area contributed by atoms with Crippen molar-refractivity contribution in [3.63, 3.8) is 0 Å². The van der Waals surface area contributed by atoms with Crippen LogP contribution in [0.4, 0.5) is 11.4 Å². The van der Waals surface area contributed by atoms with Crippen molar-refractivity contribution in [2.45, 2.75) is 11.3 Å². The molecule has 1 aliphatic heterocycles. The number of rotatable bonds is 5. The predicted molar refractivity (Wildman–Crippen MR) is 107 cm³/mol. The fourth-order valence-electron chi connectivity index (χ4n) is 2.87. The van der Waals surface area contributed by atoms with Gasteiger partial charge in [0.15, 0.2) is 0 Å². The third-order valence-corrected chi connectivity index (χ3v) is 5.46. The Morgan fingerprint density at radius 2 is 1.93 bits per heavy atom. The van der Waals surface area contributed by atoms with Gasteiger partial charge in [-0.15, -0.1) is 0 Å². The van der Waals surface area contributed by atoms with Crippen LogP contribution in [0.2, 0.25) is 5.02 Å². The third-order valence-electron chi connectivity index (χ3n) is 4.23. The number of hydrogen-bond acceptors (Lipinski definition) is 5. The van der Waals surface area contributed by atoms with Crippen LogP contribution in [0.3, 0.4) is 0 Å². The molecule has 28 heavy (non-hydrogen) atoms. The molecule has 2 aromatic carbocycles. The minimum Gasteiger partial charge on any atom is -0.359 e. The molecule has 10 heteroatoms. The fraction of sp³-hybridized carbons (Fsp3) is 0.222. The molecular formula is C18H19ClN4O4S. The lowest BCUT2D eigenvalue weighted by Crippen LogP contribution is -2.47. The van der Waals surface area contributed by atoms with Gasteiger partial charge in [-0.25, -0.2) is 13.6 Å². The van der Waals surface area contributed by atoms with Crippen LogP contribution < -0.4 is 20.7 Å². The van der Waals surface area contributed by atoms with Crippen LogP contribution in [0.5, 0.6) is 0 Å². The third kappa shape index (κ3) is 5.00. The first-order chi connectivity index (χ1) is 13.2. The molecule has 8 nitrogen and oxygen atoms in total. The van der Waals surface area contributed by atoms with E-state index >= 15 is 0 Å². The van der Waals surface area contributed by atoms with Crippen molar-refractivity contribution < 1.29 is 18.0 Å². The average Bonchev–Trinajstić information content (AvgIpc) is 2.61. The van der Waals surface area contributed by atoms with Gasteiger partial charge < -0.3 is 15.5 Å². The number of halogens is 1. The second kappa shape index (κ2) is 8.17. The van der Waals surface area contributed by atoms with Crippen molar-refractivity contribution in [3.05, 3.63) is 53.1 Å². The fourth-order valence-corrected chi connectivity index (χ4v) is 3.69. The Hall–Kier alpha value is -2.62. The van der Waals surface area contributed by atoms with Crippen molar-refractivity contribution in [1.82, 2.24) is 5.32 Å². The molecule has 1 aliphatic rings. The Morgan fingerprint density at radius 1 is 1.21 bits per heavy atom. The van der Waals surface area contributed by atoms with Crippen LogP contribution in [-0.4, -0.2) is 39.9 Å². The van der Waals surface area contributed by atoms with E-state index in [1.54, 1.807) is 18.2 Å². The highest BCUT2D eigenvalue weighted by molar-refractivity contribution is 7.89. The number of amides is 2. The van der Waals surface area contributed by atoms with Gasteiger partial charge >= 0.3 is 0 Å². The number of nitrogens with two attached hydrogens (primary N) is 1. The molecule has 0 atom stereocenters. The van der Waals surface area contributed by atoms with Crippen molar-refractivity contribution in [2.24, 2.45) is 5.14 Å². The summed E-state index contributed by atoms with van der Waals surface area (Å²) in [6.45, 7) is 1.45. The summed E-state index contributed by atoms with van der Waals surface area (Å²) in [5, 5.41) is 11.0. The molecule has 4 N–H and O–H groups in total. The lowest BCUT2D eigenvalue weighted by Gasteiger charge is -2.29. The van der Waals surface area contributed by atoms with Crippen LogP contribution in [0.15, 0.2) is 47.4 Å². The van der Waals surface area contributed by atoms with Gasteiger partial charge in [0, 0.05) is 18.8 Å². The quantitative estimate of drug-likeness (QED) is 0.666. The standard InChI is InChI=1S/C18H19ClN4O4S/c19-15-10-13(3-6-16(15)23-8-7-21-18(25)11-23)22-17(24)9-12-1-4-14(5-2-12)28(20,26)27/h1-6,10H,7-9,11H2,(H,21,25)(H,22,24)(H2,20,26,27). The number of sulfonamides is 1. The Morgan fingerprint density at radius 3 is 2.54 bits per heavy atom. The summed E-state index contributed by atoms with van der Waals surface area (Å²) in [5.74, 6) is -0.335. The highest BCUT2D eigenvalue weighted by Gasteiger charge is 2.19. The summed E-state index contributed by atoms with van der Waals surface area (Å²) < 4.78 is 22.5. The molecule has 0 unspecified atom stereocenters. The van der Waals surface area contributed by atoms with Crippen molar-refractivity contribution >= 4 is 44.8 Å². The van der Waals surface area contributed by atoms with Gasteiger partial charge in [0.1, 0.15) is 0 Å². The van der Waals surface area contributed by atoms with Crippen molar-refractivity contribution in [3.8, 4) is 0 Å². The van der Waals surface area contributed by atoms with E-state index in [0.717, 1.165) is 5.69 Å². The summed E-state index contributed by atoms with van der Waals surface area (Å²) in [4.78, 5) is 25.6. The van der Waals surface area contributed by atoms with Crippen LogP contribution in [-0.2, 0) is 26.0 Å². The molecule has 2 amide bonds. The maximum atomic E-state index is 12.2. The Balaban J connectivity index is 1.64. The Labute approximate surface area is 167 Å². The number of benzene rings is 2. The normalized spacial score (nSPS) is 14.5. The molecule has 0 aliphatic carbocycles. The summed E-state index contributed by atoms with van der Waals surface area (Å²) >= 11 is 6.32. The average molecular weight is 423 g/mol. The number of anilines is 2. The van der Waals surface area contributed by atoms with E-state index in [0.29, 0.717) is 29.4 Å².